The summed E-state index contributed by atoms with van der Waals surface area (Å²) in [6, 6.07) is 0. The summed E-state index contributed by atoms with van der Waals surface area (Å²) in [5.74, 6) is -0.619. The van der Waals surface area contributed by atoms with Crippen LogP contribution in [0.1, 0.15) is 47.6 Å². The Kier molecular flexibility index (Phi) is 11.7. The number of anilines is 2. The van der Waals surface area contributed by atoms with Gasteiger partial charge in [-0.2, -0.15) is 0 Å². The second kappa shape index (κ2) is 15.0. The highest BCUT2D eigenvalue weighted by atomic mass is 16.8. The van der Waals surface area contributed by atoms with E-state index >= 15 is 0 Å². The molecule has 272 valence electrons. The van der Waals surface area contributed by atoms with Gasteiger partial charge >= 0.3 is 0 Å². The molecule has 8 N–H and O–H groups in total. The molecule has 0 radical (unpaired) electrons. The first kappa shape index (κ1) is 38.1. The molecule has 20 heteroatoms. The highest BCUT2D eigenvalue weighted by Gasteiger charge is 2.56. The number of nitrogens with zero attached hydrogens (tertiary/aromatic N) is 8. The van der Waals surface area contributed by atoms with Crippen LogP contribution in [0.4, 0.5) is 11.6 Å². The average molecular weight is 695 g/mol. The Balaban J connectivity index is 0.000000184. The zero-order valence-electron chi connectivity index (χ0n) is 27.3. The van der Waals surface area contributed by atoms with Crippen molar-refractivity contribution in [3.8, 4) is 0 Å². The molecule has 0 bridgehead atoms. The second-order valence-corrected chi connectivity index (χ2v) is 12.0. The standard InChI is InChI=1S/C13H17N5O4.C10H13N5O4.C5H12O2.CH4/c1-13(2)21-8-6(3-19)20-12(9(8)22-13)18-5-17-7-10(14)15-4-16-11(7)18;11-8-5-9(13-2-12-8)15(3-14-5)10-7(18)6(17)4(1-16)19-10;1-5(2,6-3)7-4;/h4-6,8-9,12,19H,3H2,1-2H3,(H2,14,15,16);2-4,6-7,10,16-18H,1H2,(H2,11,12,13);1-4H3;1H4/t6-,8-,9-,12-;4-,6-,7-,10-;;/m11../s1. The third-order valence-corrected chi connectivity index (χ3v) is 8.13. The summed E-state index contributed by atoms with van der Waals surface area (Å²) < 4.78 is 36.0. The summed E-state index contributed by atoms with van der Waals surface area (Å²) in [5, 5.41) is 38.3. The zero-order chi connectivity index (χ0) is 35.0. The minimum absolute atomic E-state index is 0. The van der Waals surface area contributed by atoms with Crippen molar-refractivity contribution >= 4 is 34.0 Å². The smallest absolute Gasteiger partial charge is 0.167 e. The van der Waals surface area contributed by atoms with Crippen LogP contribution in [0.15, 0.2) is 25.3 Å². The molecule has 49 heavy (non-hydrogen) atoms. The number of hydrogen-bond donors (Lipinski definition) is 6. The van der Waals surface area contributed by atoms with Crippen molar-refractivity contribution in [2.45, 2.75) is 95.8 Å². The number of ether oxygens (including phenoxy) is 6. The van der Waals surface area contributed by atoms with E-state index in [4.69, 9.17) is 45.0 Å². The van der Waals surface area contributed by atoms with Crippen molar-refractivity contribution in [1.82, 2.24) is 39.0 Å². The van der Waals surface area contributed by atoms with Gasteiger partial charge in [-0.05, 0) is 27.7 Å². The molecule has 7 heterocycles. The van der Waals surface area contributed by atoms with E-state index in [9.17, 15) is 15.3 Å². The van der Waals surface area contributed by atoms with Gasteiger partial charge in [0.1, 0.15) is 60.3 Å². The lowest BCUT2D eigenvalue weighted by atomic mass is 10.1. The summed E-state index contributed by atoms with van der Waals surface area (Å²) in [5.41, 5.74) is 13.3. The van der Waals surface area contributed by atoms with Crippen LogP contribution in [0.3, 0.4) is 0 Å². The van der Waals surface area contributed by atoms with Crippen molar-refractivity contribution in [3.05, 3.63) is 25.3 Å². The van der Waals surface area contributed by atoms with Crippen molar-refractivity contribution in [2.75, 3.05) is 38.9 Å². The van der Waals surface area contributed by atoms with Crippen LogP contribution in [-0.4, -0.2) is 135 Å². The quantitative estimate of drug-likeness (QED) is 0.139. The number of hydrogen-bond acceptors (Lipinski definition) is 18. The minimum Gasteiger partial charge on any atom is -0.394 e. The summed E-state index contributed by atoms with van der Waals surface area (Å²) in [6.45, 7) is 6.84. The van der Waals surface area contributed by atoms with Gasteiger partial charge < -0.3 is 60.3 Å². The second-order valence-electron chi connectivity index (χ2n) is 12.0. The molecule has 3 aliphatic rings. The molecule has 0 unspecified atom stereocenters. The molecule has 0 saturated carbocycles. The van der Waals surface area contributed by atoms with Crippen LogP contribution in [0.2, 0.25) is 0 Å². The Morgan fingerprint density at radius 2 is 1.22 bits per heavy atom. The van der Waals surface area contributed by atoms with E-state index in [0.717, 1.165) is 0 Å². The summed E-state index contributed by atoms with van der Waals surface area (Å²) in [7, 11) is 3.23. The average Bonchev–Trinajstić information content (AvgIpc) is 3.87. The maximum Gasteiger partial charge on any atom is 0.167 e. The van der Waals surface area contributed by atoms with Crippen LogP contribution in [0, 0.1) is 0 Å². The van der Waals surface area contributed by atoms with Crippen LogP contribution >= 0.6 is 0 Å². The van der Waals surface area contributed by atoms with Crippen molar-refractivity contribution < 1.29 is 48.8 Å². The molecule has 4 aromatic heterocycles. The lowest BCUT2D eigenvalue weighted by molar-refractivity contribution is -0.199. The summed E-state index contributed by atoms with van der Waals surface area (Å²) in [6.07, 6.45) is -0.125. The molecule has 8 atom stereocenters. The number of methoxy groups -OCH3 is 2. The van der Waals surface area contributed by atoms with Gasteiger partial charge in [0.05, 0.1) is 25.9 Å². The summed E-state index contributed by atoms with van der Waals surface area (Å²) in [4.78, 5) is 24.3. The molecule has 3 saturated heterocycles. The van der Waals surface area contributed by atoms with Crippen molar-refractivity contribution in [3.63, 3.8) is 0 Å². The maximum atomic E-state index is 9.95. The molecule has 0 amide bonds. The van der Waals surface area contributed by atoms with E-state index < -0.39 is 55.1 Å². The number of aliphatic hydroxyl groups is 4. The number of aliphatic hydroxyl groups excluding tert-OH is 4. The van der Waals surface area contributed by atoms with Gasteiger partial charge in [0, 0.05) is 14.2 Å². The van der Waals surface area contributed by atoms with E-state index in [1.54, 1.807) is 25.1 Å². The van der Waals surface area contributed by atoms with Gasteiger partial charge in [-0.15, -0.1) is 0 Å². The van der Waals surface area contributed by atoms with Gasteiger partial charge in [-0.1, -0.05) is 7.43 Å². The SMILES string of the molecule is C.CC1(C)O[C@@H]2[C@H](O1)[C@@H](CO)O[C@H]2n1cnc2c(N)ncnc21.COC(C)(C)OC.Nc1ncnc2c1ncn2[C@@H]1O[C@H](CO)[C@@H](O)[C@H]1O. The Hall–Kier alpha value is -3.70. The minimum atomic E-state index is -1.19. The predicted molar refractivity (Wildman–Crippen MR) is 172 cm³/mol. The number of nitrogen functional groups attached to an aromatic ring is 2. The normalized spacial score (nSPS) is 28.8. The first-order valence-corrected chi connectivity index (χ1v) is 15.0. The van der Waals surface area contributed by atoms with Crippen molar-refractivity contribution in [1.29, 1.82) is 0 Å². The fraction of sp³-hybridized carbons (Fsp3) is 0.655. The molecule has 3 fully saturated rings. The largest absolute Gasteiger partial charge is 0.394 e. The number of fused-ring (bicyclic) bond motifs is 3. The third kappa shape index (κ3) is 7.57. The highest BCUT2D eigenvalue weighted by molar-refractivity contribution is 5.81. The fourth-order valence-corrected chi connectivity index (χ4v) is 5.34. The lowest BCUT2D eigenvalue weighted by Gasteiger charge is -2.24. The Morgan fingerprint density at radius 3 is 1.67 bits per heavy atom. The van der Waals surface area contributed by atoms with E-state index in [0.29, 0.717) is 28.1 Å². The van der Waals surface area contributed by atoms with Crippen molar-refractivity contribution in [2.24, 2.45) is 0 Å². The molecule has 0 spiro atoms. The van der Waals surface area contributed by atoms with Gasteiger partial charge in [-0.3, -0.25) is 9.13 Å². The van der Waals surface area contributed by atoms with E-state index in [1.807, 2.05) is 27.7 Å². The molecular weight excluding hydrogens is 648 g/mol. The first-order chi connectivity index (χ1) is 22.8. The van der Waals surface area contributed by atoms with Crippen LogP contribution < -0.4 is 11.5 Å². The fourth-order valence-electron chi connectivity index (χ4n) is 5.34. The molecule has 20 nitrogen and oxygen atoms in total. The van der Waals surface area contributed by atoms with E-state index in [-0.39, 0.29) is 32.1 Å². The van der Waals surface area contributed by atoms with Gasteiger partial charge in [-0.25, -0.2) is 29.9 Å². The predicted octanol–water partition coefficient (Wildman–Crippen LogP) is -0.510. The van der Waals surface area contributed by atoms with Gasteiger partial charge in [0.25, 0.3) is 0 Å². The Morgan fingerprint density at radius 1 is 0.755 bits per heavy atom. The number of rotatable bonds is 6. The van der Waals surface area contributed by atoms with E-state index in [2.05, 4.69) is 29.9 Å². The number of nitrogens with two attached hydrogens (primary N) is 2. The molecule has 4 aromatic rings. The van der Waals surface area contributed by atoms with Crippen LogP contribution in [0.5, 0.6) is 0 Å². The van der Waals surface area contributed by atoms with Gasteiger partial charge in [0.2, 0.25) is 0 Å². The highest BCUT2D eigenvalue weighted by Crippen LogP contribution is 2.43. The summed E-state index contributed by atoms with van der Waals surface area (Å²) >= 11 is 0. The number of imidazole rings is 2. The lowest BCUT2D eigenvalue weighted by Crippen LogP contribution is -2.33. The topological polar surface area (TPSA) is 276 Å². The maximum absolute atomic E-state index is 9.95. The molecule has 3 aliphatic heterocycles. The third-order valence-electron chi connectivity index (χ3n) is 8.13. The Labute approximate surface area is 281 Å². The van der Waals surface area contributed by atoms with E-state index in [1.165, 1.54) is 23.5 Å². The van der Waals surface area contributed by atoms with Crippen LogP contribution in [0.25, 0.3) is 22.3 Å². The van der Waals surface area contributed by atoms with Gasteiger partial charge in [0.15, 0.2) is 47.0 Å². The zero-order valence-corrected chi connectivity index (χ0v) is 27.3. The molecule has 0 aromatic carbocycles. The number of aromatic nitrogens is 8. The first-order valence-electron chi connectivity index (χ1n) is 15.0. The molecule has 0 aliphatic carbocycles. The molecule has 7 rings (SSSR count). The molecular formula is C29H46N10O10. The van der Waals surface area contributed by atoms with Crippen LogP contribution in [-0.2, 0) is 28.4 Å². The Bertz CT molecular complexity index is 1680. The monoisotopic (exact) mass is 694 g/mol.